The Morgan fingerprint density at radius 3 is 2.08 bits per heavy atom. The van der Waals surface area contributed by atoms with Gasteiger partial charge >= 0.3 is 0 Å². The van der Waals surface area contributed by atoms with E-state index in [9.17, 15) is 15.0 Å². The number of amides is 1. The van der Waals surface area contributed by atoms with Crippen molar-refractivity contribution >= 4 is 11.6 Å². The number of anilines is 1. The quantitative estimate of drug-likeness (QED) is 0.624. The average molecular weight is 336 g/mol. The summed E-state index contributed by atoms with van der Waals surface area (Å²) in [6.45, 7) is 3.66. The third-order valence-electron chi connectivity index (χ3n) is 3.49. The highest BCUT2D eigenvalue weighted by atomic mass is 16.3. The number of benzene rings is 2. The number of rotatable bonds is 5. The molecule has 0 aromatic heterocycles. The fourth-order valence-corrected chi connectivity index (χ4v) is 2.04. The van der Waals surface area contributed by atoms with Gasteiger partial charge in [-0.25, -0.2) is 0 Å². The molecule has 4 N–H and O–H groups in total. The number of likely N-dealkylation sites (N-methyl/N-ethyl adjacent to an activating group) is 1. The minimum absolute atomic E-state index is 0.124. The number of carbonyl (C=O) groups is 1. The lowest BCUT2D eigenvalue weighted by Gasteiger charge is -2.20. The predicted molar refractivity (Wildman–Crippen MR) is 97.7 cm³/mol. The van der Waals surface area contributed by atoms with Crippen LogP contribution in [0.2, 0.25) is 0 Å². The van der Waals surface area contributed by atoms with Crippen molar-refractivity contribution in [3.05, 3.63) is 78.0 Å². The van der Waals surface area contributed by atoms with Gasteiger partial charge in [0.15, 0.2) is 6.10 Å². The summed E-state index contributed by atoms with van der Waals surface area (Å²) in [5.74, 6) is 5.45. The fraction of sp³-hybridized carbons (Fsp3) is 0.150. The molecule has 0 saturated heterocycles. The lowest BCUT2D eigenvalue weighted by molar-refractivity contribution is -0.133. The maximum Gasteiger partial charge on any atom is 0.251 e. The zero-order valence-electron chi connectivity index (χ0n) is 13.9. The Balaban J connectivity index is 1.99. The Bertz CT molecular complexity index is 789. The summed E-state index contributed by atoms with van der Waals surface area (Å²) >= 11 is 0. The van der Waals surface area contributed by atoms with E-state index in [2.05, 4.69) is 29.1 Å². The number of aliphatic hydroxyl groups excluding tert-OH is 2. The molecule has 0 aliphatic rings. The lowest BCUT2D eigenvalue weighted by Crippen LogP contribution is -2.42. The summed E-state index contributed by atoms with van der Waals surface area (Å²) in [6, 6.07) is 16.9. The number of carbonyl (C=O) groups excluding carboxylic acids is 1. The van der Waals surface area contributed by atoms with Gasteiger partial charge in [0, 0.05) is 29.6 Å². The Hall–Kier alpha value is -3.07. The van der Waals surface area contributed by atoms with E-state index in [1.807, 2.05) is 42.5 Å². The number of aliphatic hydroxyl groups is 2. The van der Waals surface area contributed by atoms with Crippen LogP contribution in [0.5, 0.6) is 0 Å². The van der Waals surface area contributed by atoms with Gasteiger partial charge in [-0.2, -0.15) is 0 Å². The molecule has 5 heteroatoms. The molecule has 0 bridgehead atoms. The predicted octanol–water partition coefficient (Wildman–Crippen LogP) is 1.48. The van der Waals surface area contributed by atoms with E-state index < -0.39 is 18.1 Å². The molecule has 0 heterocycles. The van der Waals surface area contributed by atoms with Gasteiger partial charge in [-0.3, -0.25) is 4.79 Å². The first-order valence-electron chi connectivity index (χ1n) is 7.72. The van der Waals surface area contributed by atoms with E-state index in [0.717, 1.165) is 11.1 Å². The summed E-state index contributed by atoms with van der Waals surface area (Å²) < 4.78 is 0. The van der Waals surface area contributed by atoms with Gasteiger partial charge in [-0.15, -0.1) is 0 Å². The van der Waals surface area contributed by atoms with Crippen molar-refractivity contribution in [1.29, 1.82) is 0 Å². The SMILES string of the molecule is C=C(Nc1ccc(C#Cc2ccccc2)cc1)[C@H](O)[C@@H](O)C(=O)NC. The average Bonchev–Trinajstić information content (AvgIpc) is 2.66. The van der Waals surface area contributed by atoms with Gasteiger partial charge in [0.2, 0.25) is 0 Å². The second-order valence-electron chi connectivity index (χ2n) is 5.35. The van der Waals surface area contributed by atoms with Crippen LogP contribution in [0.15, 0.2) is 66.9 Å². The summed E-state index contributed by atoms with van der Waals surface area (Å²) in [5, 5.41) is 24.7. The fourth-order valence-electron chi connectivity index (χ4n) is 2.04. The smallest absolute Gasteiger partial charge is 0.251 e. The zero-order valence-corrected chi connectivity index (χ0v) is 13.9. The highest BCUT2D eigenvalue weighted by molar-refractivity contribution is 5.81. The monoisotopic (exact) mass is 336 g/mol. The van der Waals surface area contributed by atoms with Gasteiger partial charge in [0.25, 0.3) is 5.91 Å². The van der Waals surface area contributed by atoms with Gasteiger partial charge in [-0.05, 0) is 36.4 Å². The van der Waals surface area contributed by atoms with Crippen molar-refractivity contribution in [2.75, 3.05) is 12.4 Å². The third-order valence-corrected chi connectivity index (χ3v) is 3.49. The van der Waals surface area contributed by atoms with Crippen molar-refractivity contribution in [2.45, 2.75) is 12.2 Å². The third kappa shape index (κ3) is 5.21. The zero-order chi connectivity index (χ0) is 18.2. The van der Waals surface area contributed by atoms with E-state index in [-0.39, 0.29) is 5.70 Å². The van der Waals surface area contributed by atoms with Gasteiger partial charge in [0.05, 0.1) is 0 Å². The normalized spacial score (nSPS) is 12.3. The minimum Gasteiger partial charge on any atom is -0.384 e. The number of hydrogen-bond donors (Lipinski definition) is 4. The van der Waals surface area contributed by atoms with Crippen LogP contribution in [0.1, 0.15) is 11.1 Å². The maximum atomic E-state index is 11.3. The topological polar surface area (TPSA) is 81.6 Å². The van der Waals surface area contributed by atoms with Crippen LogP contribution in [-0.4, -0.2) is 35.4 Å². The van der Waals surface area contributed by atoms with Crippen molar-refractivity contribution in [3.8, 4) is 11.8 Å². The molecule has 2 atom stereocenters. The van der Waals surface area contributed by atoms with Crippen LogP contribution in [0, 0.1) is 11.8 Å². The second-order valence-corrected chi connectivity index (χ2v) is 5.35. The molecule has 0 spiro atoms. The molecule has 1 amide bonds. The van der Waals surface area contributed by atoms with E-state index >= 15 is 0 Å². The van der Waals surface area contributed by atoms with Crippen molar-refractivity contribution in [2.24, 2.45) is 0 Å². The van der Waals surface area contributed by atoms with E-state index in [1.165, 1.54) is 7.05 Å². The lowest BCUT2D eigenvalue weighted by atomic mass is 10.1. The Morgan fingerprint density at radius 2 is 1.52 bits per heavy atom. The van der Waals surface area contributed by atoms with Crippen LogP contribution in [-0.2, 0) is 4.79 Å². The Morgan fingerprint density at radius 1 is 0.960 bits per heavy atom. The van der Waals surface area contributed by atoms with Gasteiger partial charge < -0.3 is 20.8 Å². The minimum atomic E-state index is -1.58. The van der Waals surface area contributed by atoms with Gasteiger partial charge in [0.1, 0.15) is 6.10 Å². The summed E-state index contributed by atoms with van der Waals surface area (Å²) in [7, 11) is 1.38. The number of nitrogens with one attached hydrogen (secondary N) is 2. The summed E-state index contributed by atoms with van der Waals surface area (Å²) in [6.07, 6.45) is -3.00. The standard InChI is InChI=1S/C20H20N2O3/c1-14(18(23)19(24)20(25)21-2)22-17-12-10-16(11-13-17)9-8-15-6-4-3-5-7-15/h3-7,10-13,18-19,22-24H,1H2,2H3,(H,21,25)/t18-,19+/m0/s1. The molecule has 5 nitrogen and oxygen atoms in total. The molecule has 0 unspecified atom stereocenters. The molecule has 0 aliphatic carbocycles. The van der Waals surface area contributed by atoms with Crippen LogP contribution in [0.4, 0.5) is 5.69 Å². The Kier molecular flexibility index (Phi) is 6.35. The molecule has 128 valence electrons. The molecule has 2 aromatic rings. The van der Waals surface area contributed by atoms with E-state index in [0.29, 0.717) is 5.69 Å². The largest absolute Gasteiger partial charge is 0.384 e. The van der Waals surface area contributed by atoms with Crippen molar-refractivity contribution in [1.82, 2.24) is 5.32 Å². The molecule has 0 saturated carbocycles. The molecule has 2 rings (SSSR count). The van der Waals surface area contributed by atoms with Crippen LogP contribution < -0.4 is 10.6 Å². The van der Waals surface area contributed by atoms with Crippen LogP contribution in [0.3, 0.4) is 0 Å². The molecular weight excluding hydrogens is 316 g/mol. The van der Waals surface area contributed by atoms with E-state index in [4.69, 9.17) is 0 Å². The molecule has 0 fully saturated rings. The first-order chi connectivity index (χ1) is 12.0. The van der Waals surface area contributed by atoms with Crippen LogP contribution >= 0.6 is 0 Å². The van der Waals surface area contributed by atoms with Crippen molar-refractivity contribution < 1.29 is 15.0 Å². The summed E-state index contributed by atoms with van der Waals surface area (Å²) in [4.78, 5) is 11.3. The summed E-state index contributed by atoms with van der Waals surface area (Å²) in [5.41, 5.74) is 2.56. The first-order valence-corrected chi connectivity index (χ1v) is 7.72. The first kappa shape index (κ1) is 18.3. The molecular formula is C20H20N2O3. The van der Waals surface area contributed by atoms with Gasteiger partial charge in [-0.1, -0.05) is 36.6 Å². The maximum absolute atomic E-state index is 11.3. The number of hydrogen-bond acceptors (Lipinski definition) is 4. The molecule has 0 aliphatic heterocycles. The Labute approximate surface area is 147 Å². The second kappa shape index (κ2) is 8.69. The van der Waals surface area contributed by atoms with E-state index in [1.54, 1.807) is 12.1 Å². The molecule has 0 radical (unpaired) electrons. The highest BCUT2D eigenvalue weighted by Gasteiger charge is 2.25. The molecule has 25 heavy (non-hydrogen) atoms. The van der Waals surface area contributed by atoms with Crippen LogP contribution in [0.25, 0.3) is 0 Å². The highest BCUT2D eigenvalue weighted by Crippen LogP contribution is 2.14. The molecule has 2 aromatic carbocycles. The van der Waals surface area contributed by atoms with Crippen molar-refractivity contribution in [3.63, 3.8) is 0 Å².